The Labute approximate surface area is 131 Å². The van der Waals surface area contributed by atoms with Crippen LogP contribution in [0.5, 0.6) is 11.5 Å². The third-order valence-corrected chi connectivity index (χ3v) is 4.20. The number of hydrogen-bond donors (Lipinski definition) is 2. The van der Waals surface area contributed by atoms with Gasteiger partial charge in [0, 0.05) is 12.6 Å². The molecule has 0 aromatic heterocycles. The van der Waals surface area contributed by atoms with Crippen LogP contribution in [0, 0.1) is 5.92 Å². The number of rotatable bonds is 7. The number of aliphatic carboxylic acids is 1. The van der Waals surface area contributed by atoms with E-state index < -0.39 is 5.97 Å². The van der Waals surface area contributed by atoms with Crippen LogP contribution in [0.1, 0.15) is 38.2 Å². The van der Waals surface area contributed by atoms with Crippen LogP contribution >= 0.6 is 0 Å². The van der Waals surface area contributed by atoms with Crippen molar-refractivity contribution in [3.8, 4) is 11.5 Å². The number of benzene rings is 1. The van der Waals surface area contributed by atoms with Crippen LogP contribution in [-0.4, -0.2) is 30.8 Å². The monoisotopic (exact) mass is 307 g/mol. The molecule has 0 unspecified atom stereocenters. The first-order chi connectivity index (χ1) is 10.6. The molecule has 0 radical (unpaired) electrons. The fraction of sp³-hybridized carbons (Fsp3) is 0.588. The van der Waals surface area contributed by atoms with Gasteiger partial charge in [0.2, 0.25) is 0 Å². The number of ether oxygens (including phenoxy) is 2. The Balaban J connectivity index is 1.86. The van der Waals surface area contributed by atoms with E-state index in [1.165, 1.54) is 0 Å². The van der Waals surface area contributed by atoms with Crippen molar-refractivity contribution in [2.24, 2.45) is 5.92 Å². The van der Waals surface area contributed by atoms with Crippen LogP contribution in [0.2, 0.25) is 0 Å². The summed E-state index contributed by atoms with van der Waals surface area (Å²) in [6.45, 7) is 3.31. The van der Waals surface area contributed by atoms with Crippen LogP contribution in [0.4, 0.5) is 0 Å². The average Bonchev–Trinajstić information content (AvgIpc) is 2.54. The zero-order valence-electron chi connectivity index (χ0n) is 13.3. The molecule has 0 atom stereocenters. The lowest BCUT2D eigenvalue weighted by molar-refractivity contribution is -0.142. The lowest BCUT2D eigenvalue weighted by Gasteiger charge is -2.27. The van der Waals surface area contributed by atoms with Crippen molar-refractivity contribution in [3.63, 3.8) is 0 Å². The summed E-state index contributed by atoms with van der Waals surface area (Å²) in [5, 5.41) is 12.5. The van der Waals surface area contributed by atoms with Gasteiger partial charge in [0.15, 0.2) is 11.5 Å². The summed E-state index contributed by atoms with van der Waals surface area (Å²) in [7, 11) is 1.64. The average molecular weight is 307 g/mol. The molecule has 1 aliphatic rings. The van der Waals surface area contributed by atoms with E-state index in [0.29, 0.717) is 12.6 Å². The summed E-state index contributed by atoms with van der Waals surface area (Å²) < 4.78 is 10.9. The molecule has 5 heteroatoms. The van der Waals surface area contributed by atoms with E-state index in [2.05, 4.69) is 5.32 Å². The Morgan fingerprint density at radius 1 is 1.27 bits per heavy atom. The molecule has 1 fully saturated rings. The Kier molecular flexibility index (Phi) is 6.07. The zero-order valence-corrected chi connectivity index (χ0v) is 13.3. The van der Waals surface area contributed by atoms with Crippen LogP contribution in [0.3, 0.4) is 0 Å². The first kappa shape index (κ1) is 16.6. The van der Waals surface area contributed by atoms with Crippen molar-refractivity contribution in [2.75, 3.05) is 13.7 Å². The second-order valence-corrected chi connectivity index (χ2v) is 5.69. The minimum Gasteiger partial charge on any atom is -0.493 e. The molecule has 1 saturated carbocycles. The highest BCUT2D eigenvalue weighted by Gasteiger charge is 2.25. The fourth-order valence-corrected chi connectivity index (χ4v) is 2.90. The first-order valence-corrected chi connectivity index (χ1v) is 7.90. The molecule has 0 amide bonds. The van der Waals surface area contributed by atoms with Gasteiger partial charge in [0.25, 0.3) is 0 Å². The van der Waals surface area contributed by atoms with E-state index in [1.807, 2.05) is 25.1 Å². The van der Waals surface area contributed by atoms with E-state index in [1.54, 1.807) is 7.11 Å². The van der Waals surface area contributed by atoms with Crippen molar-refractivity contribution in [3.05, 3.63) is 23.8 Å². The standard InChI is InChI=1S/C17H25NO4/c1-3-22-15-9-4-12(10-16(15)21-2)11-18-14-7-5-13(6-8-14)17(19)20/h4,9-10,13-14,18H,3,5-8,11H2,1-2H3,(H,19,20). The smallest absolute Gasteiger partial charge is 0.306 e. The topological polar surface area (TPSA) is 67.8 Å². The summed E-state index contributed by atoms with van der Waals surface area (Å²) in [5.74, 6) is 0.685. The summed E-state index contributed by atoms with van der Waals surface area (Å²) in [6.07, 6.45) is 3.37. The van der Waals surface area contributed by atoms with E-state index in [4.69, 9.17) is 14.6 Å². The minimum atomic E-state index is -0.658. The van der Waals surface area contributed by atoms with Gasteiger partial charge in [0.1, 0.15) is 0 Å². The highest BCUT2D eigenvalue weighted by atomic mass is 16.5. The predicted molar refractivity (Wildman–Crippen MR) is 84.4 cm³/mol. The molecule has 0 aliphatic heterocycles. The Morgan fingerprint density at radius 2 is 2.00 bits per heavy atom. The Bertz CT molecular complexity index is 495. The summed E-state index contributed by atoms with van der Waals surface area (Å²) >= 11 is 0. The Morgan fingerprint density at radius 3 is 2.59 bits per heavy atom. The van der Waals surface area contributed by atoms with Crippen LogP contribution in [0.15, 0.2) is 18.2 Å². The SMILES string of the molecule is CCOc1ccc(CNC2CCC(C(=O)O)CC2)cc1OC. The van der Waals surface area contributed by atoms with Gasteiger partial charge in [-0.25, -0.2) is 0 Å². The predicted octanol–water partition coefficient (Wildman–Crippen LogP) is 2.83. The van der Waals surface area contributed by atoms with Crippen LogP contribution < -0.4 is 14.8 Å². The molecule has 0 spiro atoms. The van der Waals surface area contributed by atoms with E-state index in [-0.39, 0.29) is 5.92 Å². The number of carboxylic acids is 1. The van der Waals surface area contributed by atoms with E-state index in [9.17, 15) is 4.79 Å². The first-order valence-electron chi connectivity index (χ1n) is 7.90. The van der Waals surface area contributed by atoms with Gasteiger partial charge in [-0.15, -0.1) is 0 Å². The van der Waals surface area contributed by atoms with Crippen molar-refractivity contribution in [2.45, 2.75) is 45.2 Å². The quantitative estimate of drug-likeness (QED) is 0.811. The number of nitrogens with one attached hydrogen (secondary N) is 1. The van der Waals surface area contributed by atoms with Gasteiger partial charge in [0.05, 0.1) is 19.6 Å². The van der Waals surface area contributed by atoms with Crippen molar-refractivity contribution < 1.29 is 19.4 Å². The molecular formula is C17H25NO4. The molecule has 0 heterocycles. The van der Waals surface area contributed by atoms with Gasteiger partial charge >= 0.3 is 5.97 Å². The van der Waals surface area contributed by atoms with Gasteiger partial charge in [-0.2, -0.15) is 0 Å². The number of hydrogen-bond acceptors (Lipinski definition) is 4. The largest absolute Gasteiger partial charge is 0.493 e. The molecule has 1 aliphatic carbocycles. The van der Waals surface area contributed by atoms with Crippen molar-refractivity contribution in [1.29, 1.82) is 0 Å². The second-order valence-electron chi connectivity index (χ2n) is 5.69. The molecule has 0 bridgehead atoms. The molecule has 2 N–H and O–H groups in total. The lowest BCUT2D eigenvalue weighted by Crippen LogP contribution is -2.34. The summed E-state index contributed by atoms with van der Waals surface area (Å²) in [4.78, 5) is 10.9. The van der Waals surface area contributed by atoms with Crippen molar-refractivity contribution in [1.82, 2.24) is 5.32 Å². The number of carboxylic acid groups (broad SMARTS) is 1. The van der Waals surface area contributed by atoms with Gasteiger partial charge in [-0.05, 0) is 50.3 Å². The third-order valence-electron chi connectivity index (χ3n) is 4.20. The zero-order chi connectivity index (χ0) is 15.9. The van der Waals surface area contributed by atoms with Crippen LogP contribution in [0.25, 0.3) is 0 Å². The Hall–Kier alpha value is -1.75. The highest BCUT2D eigenvalue weighted by Crippen LogP contribution is 2.28. The molecule has 122 valence electrons. The molecule has 1 aromatic rings. The normalized spacial score (nSPS) is 21.4. The maximum atomic E-state index is 10.9. The molecule has 0 saturated heterocycles. The van der Waals surface area contributed by atoms with Crippen molar-refractivity contribution >= 4 is 5.97 Å². The second kappa shape index (κ2) is 8.03. The molecule has 1 aromatic carbocycles. The maximum Gasteiger partial charge on any atom is 0.306 e. The fourth-order valence-electron chi connectivity index (χ4n) is 2.90. The summed E-state index contributed by atoms with van der Waals surface area (Å²) in [6, 6.07) is 6.35. The molecule has 22 heavy (non-hydrogen) atoms. The molecule has 2 rings (SSSR count). The van der Waals surface area contributed by atoms with Crippen LogP contribution in [-0.2, 0) is 11.3 Å². The molecule has 5 nitrogen and oxygen atoms in total. The van der Waals surface area contributed by atoms with E-state index >= 15 is 0 Å². The van der Waals surface area contributed by atoms with E-state index in [0.717, 1.165) is 49.3 Å². The lowest BCUT2D eigenvalue weighted by atomic mass is 9.86. The van der Waals surface area contributed by atoms with Gasteiger partial charge < -0.3 is 19.9 Å². The third kappa shape index (κ3) is 4.37. The highest BCUT2D eigenvalue weighted by molar-refractivity contribution is 5.70. The van der Waals surface area contributed by atoms with Gasteiger partial charge in [-0.1, -0.05) is 6.07 Å². The molecular weight excluding hydrogens is 282 g/mol. The number of methoxy groups -OCH3 is 1. The minimum absolute atomic E-state index is 0.163. The van der Waals surface area contributed by atoms with Gasteiger partial charge in [-0.3, -0.25) is 4.79 Å². The summed E-state index contributed by atoms with van der Waals surface area (Å²) in [5.41, 5.74) is 1.14. The maximum absolute atomic E-state index is 10.9. The number of carbonyl (C=O) groups is 1.